The first-order valence-electron chi connectivity index (χ1n) is 8.94. The molecule has 1 atom stereocenters. The Morgan fingerprint density at radius 1 is 1.04 bits per heavy atom. The lowest BCUT2D eigenvalue weighted by Gasteiger charge is -2.13. The van der Waals surface area contributed by atoms with Crippen molar-refractivity contribution in [2.75, 3.05) is 13.1 Å². The van der Waals surface area contributed by atoms with Gasteiger partial charge in [0.05, 0.1) is 11.7 Å². The van der Waals surface area contributed by atoms with Crippen molar-refractivity contribution in [2.45, 2.75) is 25.8 Å². The number of aromatic nitrogens is 3. The first-order chi connectivity index (χ1) is 12.6. The standard InChI is InChI=1S/C20H23N5O/c1-14(16-6-4-3-5-7-16)24-15(2)23-25(20(24)26)19-10-8-17(9-11-19)18-12-21-22-13-18/h3-11,14,18,21-22H,12-13H2,1-2H3. The Morgan fingerprint density at radius 2 is 1.69 bits per heavy atom. The number of nitrogens with zero attached hydrogens (tertiary/aromatic N) is 3. The molecule has 4 rings (SSSR count). The summed E-state index contributed by atoms with van der Waals surface area (Å²) in [6, 6.07) is 18.1. The summed E-state index contributed by atoms with van der Waals surface area (Å²) in [6.07, 6.45) is 0. The molecule has 0 aliphatic carbocycles. The van der Waals surface area contributed by atoms with E-state index in [1.165, 1.54) is 10.2 Å². The molecule has 1 fully saturated rings. The van der Waals surface area contributed by atoms with Crippen molar-refractivity contribution in [1.82, 2.24) is 25.2 Å². The number of hydrogen-bond acceptors (Lipinski definition) is 4. The molecule has 0 saturated carbocycles. The van der Waals surface area contributed by atoms with Gasteiger partial charge in [-0.1, -0.05) is 42.5 Å². The van der Waals surface area contributed by atoms with E-state index in [0.717, 1.165) is 24.3 Å². The van der Waals surface area contributed by atoms with Gasteiger partial charge in [0.25, 0.3) is 0 Å². The number of hydrazine groups is 1. The zero-order chi connectivity index (χ0) is 18.1. The Balaban J connectivity index is 1.67. The zero-order valence-corrected chi connectivity index (χ0v) is 15.0. The van der Waals surface area contributed by atoms with Crippen LogP contribution in [-0.2, 0) is 0 Å². The molecule has 6 nitrogen and oxygen atoms in total. The van der Waals surface area contributed by atoms with Gasteiger partial charge in [-0.3, -0.25) is 15.4 Å². The normalized spacial score (nSPS) is 16.1. The predicted octanol–water partition coefficient (Wildman–Crippen LogP) is 2.14. The number of hydrogen-bond donors (Lipinski definition) is 2. The van der Waals surface area contributed by atoms with Gasteiger partial charge in [-0.25, -0.2) is 4.79 Å². The zero-order valence-electron chi connectivity index (χ0n) is 15.0. The van der Waals surface area contributed by atoms with Gasteiger partial charge < -0.3 is 0 Å². The first kappa shape index (κ1) is 16.8. The molecule has 2 heterocycles. The minimum absolute atomic E-state index is 0.0626. The maximum Gasteiger partial charge on any atom is 0.351 e. The van der Waals surface area contributed by atoms with Crippen LogP contribution in [0.4, 0.5) is 0 Å². The molecule has 1 aromatic heterocycles. The van der Waals surface area contributed by atoms with Crippen LogP contribution in [0, 0.1) is 6.92 Å². The number of benzene rings is 2. The monoisotopic (exact) mass is 349 g/mol. The maximum absolute atomic E-state index is 13.0. The van der Waals surface area contributed by atoms with Gasteiger partial charge in [0.2, 0.25) is 0 Å². The van der Waals surface area contributed by atoms with E-state index in [-0.39, 0.29) is 11.7 Å². The number of nitrogens with one attached hydrogen (secondary N) is 2. The highest BCUT2D eigenvalue weighted by Crippen LogP contribution is 2.20. The largest absolute Gasteiger partial charge is 0.351 e. The fraction of sp³-hybridized carbons (Fsp3) is 0.300. The van der Waals surface area contributed by atoms with Gasteiger partial charge in [0.15, 0.2) is 0 Å². The molecule has 26 heavy (non-hydrogen) atoms. The third-order valence-corrected chi connectivity index (χ3v) is 5.08. The van der Waals surface area contributed by atoms with E-state index in [0.29, 0.717) is 11.7 Å². The SMILES string of the molecule is Cc1nn(-c2ccc(C3CNNC3)cc2)c(=O)n1C(C)c1ccccc1. The molecule has 2 aromatic carbocycles. The number of aryl methyl sites for hydroxylation is 1. The highest BCUT2D eigenvalue weighted by molar-refractivity contribution is 5.35. The Bertz CT molecular complexity index is 937. The molecule has 0 amide bonds. The van der Waals surface area contributed by atoms with Gasteiger partial charge in [-0.05, 0) is 37.1 Å². The molecular formula is C20H23N5O. The van der Waals surface area contributed by atoms with Gasteiger partial charge in [-0.2, -0.15) is 9.78 Å². The molecule has 1 unspecified atom stereocenters. The van der Waals surface area contributed by atoms with Crippen LogP contribution in [-0.4, -0.2) is 27.4 Å². The van der Waals surface area contributed by atoms with Gasteiger partial charge in [-0.15, -0.1) is 0 Å². The van der Waals surface area contributed by atoms with Crippen LogP contribution < -0.4 is 16.5 Å². The highest BCUT2D eigenvalue weighted by atomic mass is 16.2. The average Bonchev–Trinajstić information content (AvgIpc) is 3.31. The molecule has 0 radical (unpaired) electrons. The Hall–Kier alpha value is -2.70. The fourth-order valence-corrected chi connectivity index (χ4v) is 3.56. The molecule has 1 aliphatic heterocycles. The van der Waals surface area contributed by atoms with Gasteiger partial charge in [0, 0.05) is 19.0 Å². The second-order valence-corrected chi connectivity index (χ2v) is 6.75. The van der Waals surface area contributed by atoms with E-state index in [4.69, 9.17) is 0 Å². The van der Waals surface area contributed by atoms with E-state index >= 15 is 0 Å². The van der Waals surface area contributed by atoms with E-state index in [1.807, 2.05) is 56.3 Å². The van der Waals surface area contributed by atoms with E-state index < -0.39 is 0 Å². The second kappa shape index (κ2) is 6.90. The van der Waals surface area contributed by atoms with Crippen LogP contribution in [0.15, 0.2) is 59.4 Å². The summed E-state index contributed by atoms with van der Waals surface area (Å²) in [6.45, 7) is 5.74. The van der Waals surface area contributed by atoms with Crippen molar-refractivity contribution in [3.05, 3.63) is 82.0 Å². The van der Waals surface area contributed by atoms with Gasteiger partial charge >= 0.3 is 5.69 Å². The summed E-state index contributed by atoms with van der Waals surface area (Å²) in [4.78, 5) is 13.0. The first-order valence-corrected chi connectivity index (χ1v) is 8.94. The highest BCUT2D eigenvalue weighted by Gasteiger charge is 2.19. The van der Waals surface area contributed by atoms with Crippen LogP contribution in [0.3, 0.4) is 0 Å². The Morgan fingerprint density at radius 3 is 2.35 bits per heavy atom. The minimum Gasteiger partial charge on any atom is -0.271 e. The Labute approximate surface area is 152 Å². The summed E-state index contributed by atoms with van der Waals surface area (Å²) in [7, 11) is 0. The van der Waals surface area contributed by atoms with Crippen molar-refractivity contribution in [3.8, 4) is 5.69 Å². The van der Waals surface area contributed by atoms with Crippen molar-refractivity contribution in [3.63, 3.8) is 0 Å². The van der Waals surface area contributed by atoms with Crippen LogP contribution in [0.5, 0.6) is 0 Å². The second-order valence-electron chi connectivity index (χ2n) is 6.75. The van der Waals surface area contributed by atoms with Crippen molar-refractivity contribution >= 4 is 0 Å². The van der Waals surface area contributed by atoms with E-state index in [9.17, 15) is 4.79 Å². The molecule has 0 spiro atoms. The molecular weight excluding hydrogens is 326 g/mol. The molecule has 3 aromatic rings. The van der Waals surface area contributed by atoms with Crippen LogP contribution in [0.1, 0.15) is 35.8 Å². The molecule has 6 heteroatoms. The lowest BCUT2D eigenvalue weighted by molar-refractivity contribution is 0.595. The predicted molar refractivity (Wildman–Crippen MR) is 102 cm³/mol. The van der Waals surface area contributed by atoms with Crippen molar-refractivity contribution < 1.29 is 0 Å². The minimum atomic E-state index is -0.115. The number of rotatable bonds is 4. The summed E-state index contributed by atoms with van der Waals surface area (Å²) < 4.78 is 3.23. The quantitative estimate of drug-likeness (QED) is 0.758. The van der Waals surface area contributed by atoms with E-state index in [2.05, 4.69) is 28.1 Å². The lowest BCUT2D eigenvalue weighted by Crippen LogP contribution is -2.27. The Kier molecular flexibility index (Phi) is 4.44. The van der Waals surface area contributed by atoms with Crippen LogP contribution in [0.2, 0.25) is 0 Å². The average molecular weight is 349 g/mol. The van der Waals surface area contributed by atoms with Crippen LogP contribution in [0.25, 0.3) is 5.69 Å². The topological polar surface area (TPSA) is 63.9 Å². The van der Waals surface area contributed by atoms with Gasteiger partial charge in [0.1, 0.15) is 5.82 Å². The lowest BCUT2D eigenvalue weighted by atomic mass is 10.0. The van der Waals surface area contributed by atoms with Crippen LogP contribution >= 0.6 is 0 Å². The third kappa shape index (κ3) is 2.98. The molecule has 134 valence electrons. The summed E-state index contributed by atoms with van der Waals surface area (Å²) in [5, 5.41) is 4.50. The summed E-state index contributed by atoms with van der Waals surface area (Å²) in [5.74, 6) is 1.16. The summed E-state index contributed by atoms with van der Waals surface area (Å²) in [5.41, 5.74) is 9.31. The smallest absolute Gasteiger partial charge is 0.271 e. The fourth-order valence-electron chi connectivity index (χ4n) is 3.56. The van der Waals surface area contributed by atoms with Crippen molar-refractivity contribution in [2.24, 2.45) is 0 Å². The molecule has 1 saturated heterocycles. The van der Waals surface area contributed by atoms with Crippen molar-refractivity contribution in [1.29, 1.82) is 0 Å². The molecule has 0 bridgehead atoms. The third-order valence-electron chi connectivity index (χ3n) is 5.08. The maximum atomic E-state index is 13.0. The van der Waals surface area contributed by atoms with E-state index in [1.54, 1.807) is 4.57 Å². The summed E-state index contributed by atoms with van der Waals surface area (Å²) >= 11 is 0. The molecule has 2 N–H and O–H groups in total. The molecule has 1 aliphatic rings.